The third-order valence-corrected chi connectivity index (χ3v) is 3.96. The summed E-state index contributed by atoms with van der Waals surface area (Å²) in [5.41, 5.74) is 1.18. The van der Waals surface area contributed by atoms with E-state index >= 15 is 0 Å². The topological polar surface area (TPSA) is 60.9 Å². The fourth-order valence-electron chi connectivity index (χ4n) is 2.41. The van der Waals surface area contributed by atoms with E-state index < -0.39 is 0 Å². The van der Waals surface area contributed by atoms with Gasteiger partial charge in [-0.1, -0.05) is 39.3 Å². The van der Waals surface area contributed by atoms with Crippen molar-refractivity contribution in [3.05, 3.63) is 69.1 Å². The van der Waals surface area contributed by atoms with E-state index in [2.05, 4.69) is 26.2 Å². The number of halogens is 1. The van der Waals surface area contributed by atoms with Crippen molar-refractivity contribution in [2.75, 3.05) is 0 Å². The Hall–Kier alpha value is -2.47. The second kappa shape index (κ2) is 5.06. The van der Waals surface area contributed by atoms with Crippen LogP contribution in [0.3, 0.4) is 0 Å². The van der Waals surface area contributed by atoms with E-state index in [1.54, 1.807) is 12.1 Å². The van der Waals surface area contributed by atoms with Gasteiger partial charge in [-0.15, -0.1) is 5.10 Å². The molecule has 0 bridgehead atoms. The van der Waals surface area contributed by atoms with E-state index in [-0.39, 0.29) is 12.1 Å². The first-order valence-corrected chi connectivity index (χ1v) is 7.50. The molecule has 0 saturated carbocycles. The fraction of sp³-hybridized carbons (Fsp3) is 0.0625. The van der Waals surface area contributed by atoms with Crippen molar-refractivity contribution in [1.29, 1.82) is 0 Å². The molecule has 2 aromatic heterocycles. The standard InChI is InChI=1S/C16H10BrN3O2/c17-11-5-6-14-13(8-11)16(21)20(19-18-14)9-12-7-10-3-1-2-4-15(10)22-12/h1-8H,9H2. The molecule has 0 aliphatic carbocycles. The number of rotatable bonds is 2. The highest BCUT2D eigenvalue weighted by molar-refractivity contribution is 9.10. The van der Waals surface area contributed by atoms with Crippen molar-refractivity contribution in [1.82, 2.24) is 15.0 Å². The molecule has 2 heterocycles. The summed E-state index contributed by atoms with van der Waals surface area (Å²) in [6, 6.07) is 15.0. The maximum Gasteiger partial charge on any atom is 0.278 e. The molecule has 0 atom stereocenters. The minimum atomic E-state index is -0.188. The zero-order chi connectivity index (χ0) is 15.1. The molecule has 4 rings (SSSR count). The zero-order valence-electron chi connectivity index (χ0n) is 11.4. The second-order valence-electron chi connectivity index (χ2n) is 4.96. The molecule has 108 valence electrons. The summed E-state index contributed by atoms with van der Waals surface area (Å²) in [6.45, 7) is 0.253. The van der Waals surface area contributed by atoms with Gasteiger partial charge in [0.15, 0.2) is 0 Å². The maximum absolute atomic E-state index is 12.5. The average molecular weight is 356 g/mol. The first-order valence-electron chi connectivity index (χ1n) is 6.71. The highest BCUT2D eigenvalue weighted by Crippen LogP contribution is 2.19. The summed E-state index contributed by atoms with van der Waals surface area (Å²) in [5, 5.41) is 9.59. The van der Waals surface area contributed by atoms with Gasteiger partial charge in [-0.05, 0) is 30.3 Å². The molecule has 4 aromatic rings. The summed E-state index contributed by atoms with van der Waals surface area (Å²) in [7, 11) is 0. The van der Waals surface area contributed by atoms with Gasteiger partial charge < -0.3 is 4.42 Å². The smallest absolute Gasteiger partial charge is 0.278 e. The summed E-state index contributed by atoms with van der Waals surface area (Å²) in [6.07, 6.45) is 0. The molecule has 22 heavy (non-hydrogen) atoms. The lowest BCUT2D eigenvalue weighted by Crippen LogP contribution is -2.24. The third kappa shape index (κ3) is 2.21. The predicted octanol–water partition coefficient (Wildman–Crippen LogP) is 3.35. The maximum atomic E-state index is 12.5. The highest BCUT2D eigenvalue weighted by atomic mass is 79.9. The van der Waals surface area contributed by atoms with Gasteiger partial charge in [0.1, 0.15) is 23.4 Å². The van der Waals surface area contributed by atoms with Crippen molar-refractivity contribution in [3.63, 3.8) is 0 Å². The fourth-order valence-corrected chi connectivity index (χ4v) is 2.78. The number of aromatic nitrogens is 3. The first-order chi connectivity index (χ1) is 10.7. The Morgan fingerprint density at radius 2 is 2.00 bits per heavy atom. The monoisotopic (exact) mass is 355 g/mol. The molecule has 0 radical (unpaired) electrons. The van der Waals surface area contributed by atoms with Gasteiger partial charge in [-0.2, -0.15) is 0 Å². The van der Waals surface area contributed by atoms with E-state index in [4.69, 9.17) is 4.42 Å². The molecule has 6 heteroatoms. The van der Waals surface area contributed by atoms with Gasteiger partial charge in [-0.25, -0.2) is 4.68 Å². The SMILES string of the molecule is O=c1c2cc(Br)ccc2nnn1Cc1cc2ccccc2o1. The van der Waals surface area contributed by atoms with E-state index in [0.29, 0.717) is 16.7 Å². The number of hydrogen-bond acceptors (Lipinski definition) is 4. The lowest BCUT2D eigenvalue weighted by molar-refractivity contribution is 0.488. The van der Waals surface area contributed by atoms with Gasteiger partial charge in [0.05, 0.1) is 5.39 Å². The van der Waals surface area contributed by atoms with Crippen molar-refractivity contribution in [3.8, 4) is 0 Å². The summed E-state index contributed by atoms with van der Waals surface area (Å²) in [4.78, 5) is 12.5. The Bertz CT molecular complexity index is 1020. The minimum absolute atomic E-state index is 0.188. The largest absolute Gasteiger partial charge is 0.459 e. The second-order valence-corrected chi connectivity index (χ2v) is 5.88. The Kier molecular flexibility index (Phi) is 3.04. The van der Waals surface area contributed by atoms with E-state index in [0.717, 1.165) is 15.4 Å². The van der Waals surface area contributed by atoms with E-state index in [9.17, 15) is 4.79 Å². The van der Waals surface area contributed by atoms with Crippen LogP contribution in [0.2, 0.25) is 0 Å². The van der Waals surface area contributed by atoms with E-state index in [1.807, 2.05) is 36.4 Å². The van der Waals surface area contributed by atoms with Gasteiger partial charge in [-0.3, -0.25) is 4.79 Å². The van der Waals surface area contributed by atoms with Crippen molar-refractivity contribution < 1.29 is 4.42 Å². The Labute approximate surface area is 133 Å². The van der Waals surface area contributed by atoms with Crippen LogP contribution in [0.25, 0.3) is 21.9 Å². The van der Waals surface area contributed by atoms with E-state index in [1.165, 1.54) is 4.68 Å². The number of nitrogens with zero attached hydrogens (tertiary/aromatic N) is 3. The van der Waals surface area contributed by atoms with Crippen LogP contribution < -0.4 is 5.56 Å². The first kappa shape index (κ1) is 13.2. The molecule has 0 amide bonds. The molecule has 0 spiro atoms. The molecule has 0 saturated heterocycles. The number of hydrogen-bond donors (Lipinski definition) is 0. The van der Waals surface area contributed by atoms with Crippen LogP contribution in [-0.4, -0.2) is 15.0 Å². The van der Waals surface area contributed by atoms with Gasteiger partial charge in [0.2, 0.25) is 0 Å². The molecule has 0 aliphatic rings. The Balaban J connectivity index is 1.80. The lowest BCUT2D eigenvalue weighted by atomic mass is 10.2. The third-order valence-electron chi connectivity index (χ3n) is 3.47. The van der Waals surface area contributed by atoms with Crippen molar-refractivity contribution in [2.24, 2.45) is 0 Å². The lowest BCUT2D eigenvalue weighted by Gasteiger charge is -2.03. The molecular formula is C16H10BrN3O2. The molecule has 5 nitrogen and oxygen atoms in total. The zero-order valence-corrected chi connectivity index (χ0v) is 12.9. The number of benzene rings is 2. The average Bonchev–Trinajstić information content (AvgIpc) is 2.93. The van der Waals surface area contributed by atoms with Crippen LogP contribution in [0.1, 0.15) is 5.76 Å². The summed E-state index contributed by atoms with van der Waals surface area (Å²) < 4.78 is 7.87. The van der Waals surface area contributed by atoms with Crippen LogP contribution in [0.5, 0.6) is 0 Å². The van der Waals surface area contributed by atoms with Crippen LogP contribution in [-0.2, 0) is 6.54 Å². The highest BCUT2D eigenvalue weighted by Gasteiger charge is 2.09. The number of fused-ring (bicyclic) bond motifs is 2. The predicted molar refractivity (Wildman–Crippen MR) is 86.8 cm³/mol. The van der Waals surface area contributed by atoms with Gasteiger partial charge in [0.25, 0.3) is 5.56 Å². The normalized spacial score (nSPS) is 11.3. The summed E-state index contributed by atoms with van der Waals surface area (Å²) >= 11 is 3.37. The summed E-state index contributed by atoms with van der Waals surface area (Å²) in [5.74, 6) is 0.673. The van der Waals surface area contributed by atoms with Gasteiger partial charge in [0, 0.05) is 9.86 Å². The van der Waals surface area contributed by atoms with Gasteiger partial charge >= 0.3 is 0 Å². The Morgan fingerprint density at radius 3 is 2.86 bits per heavy atom. The quantitative estimate of drug-likeness (QED) is 0.553. The number of furan rings is 1. The Morgan fingerprint density at radius 1 is 1.14 bits per heavy atom. The molecule has 0 unspecified atom stereocenters. The molecular weight excluding hydrogens is 346 g/mol. The van der Waals surface area contributed by atoms with Crippen LogP contribution >= 0.6 is 15.9 Å². The molecule has 0 N–H and O–H groups in total. The van der Waals surface area contributed by atoms with Crippen molar-refractivity contribution >= 4 is 37.8 Å². The van der Waals surface area contributed by atoms with Crippen molar-refractivity contribution in [2.45, 2.75) is 6.54 Å². The molecule has 0 aliphatic heterocycles. The van der Waals surface area contributed by atoms with Crippen LogP contribution in [0.4, 0.5) is 0 Å². The van der Waals surface area contributed by atoms with Crippen LogP contribution in [0, 0.1) is 0 Å². The molecule has 2 aromatic carbocycles. The van der Waals surface area contributed by atoms with Crippen LogP contribution in [0.15, 0.2) is 62.2 Å². The number of para-hydroxylation sites is 1. The minimum Gasteiger partial charge on any atom is -0.459 e. The molecule has 0 fully saturated rings.